The van der Waals surface area contributed by atoms with E-state index in [1.54, 1.807) is 31.2 Å². The van der Waals surface area contributed by atoms with Crippen LogP contribution in [0.15, 0.2) is 28.8 Å². The van der Waals surface area contributed by atoms with Crippen LogP contribution in [0.5, 0.6) is 0 Å². The van der Waals surface area contributed by atoms with E-state index in [1.165, 1.54) is 0 Å². The number of carbonyl (C=O) groups is 1. The molecule has 0 saturated carbocycles. The van der Waals surface area contributed by atoms with Crippen molar-refractivity contribution in [3.05, 3.63) is 46.6 Å². The van der Waals surface area contributed by atoms with E-state index in [2.05, 4.69) is 10.1 Å². The van der Waals surface area contributed by atoms with E-state index < -0.39 is 5.97 Å². The number of benzene rings is 1. The predicted octanol–water partition coefficient (Wildman–Crippen LogP) is 2.39. The van der Waals surface area contributed by atoms with Crippen LogP contribution in [-0.4, -0.2) is 16.1 Å². The number of esters is 1. The second-order valence-corrected chi connectivity index (χ2v) is 3.69. The highest BCUT2D eigenvalue weighted by molar-refractivity contribution is 6.33. The molecular formula is C11H9ClN2O3. The lowest BCUT2D eigenvalue weighted by atomic mass is 10.2. The van der Waals surface area contributed by atoms with Crippen molar-refractivity contribution in [3.63, 3.8) is 0 Å². The Balaban J connectivity index is 2.01. The summed E-state index contributed by atoms with van der Waals surface area (Å²) in [7, 11) is 0. The van der Waals surface area contributed by atoms with Crippen molar-refractivity contribution in [1.29, 1.82) is 0 Å². The SMILES string of the molecule is Cc1nc(COC(=O)c2ccccc2Cl)no1. The van der Waals surface area contributed by atoms with E-state index in [4.69, 9.17) is 20.9 Å². The minimum Gasteiger partial charge on any atom is -0.454 e. The van der Waals surface area contributed by atoms with Crippen molar-refractivity contribution in [2.45, 2.75) is 13.5 Å². The molecule has 0 radical (unpaired) electrons. The van der Waals surface area contributed by atoms with Crippen LogP contribution in [0.3, 0.4) is 0 Å². The maximum atomic E-state index is 11.7. The van der Waals surface area contributed by atoms with Crippen LogP contribution in [0, 0.1) is 6.92 Å². The Hall–Kier alpha value is -1.88. The normalized spacial score (nSPS) is 10.2. The average molecular weight is 253 g/mol. The van der Waals surface area contributed by atoms with Crippen molar-refractivity contribution in [3.8, 4) is 0 Å². The first-order valence-corrected chi connectivity index (χ1v) is 5.25. The molecule has 0 fully saturated rings. The Morgan fingerprint density at radius 2 is 2.24 bits per heavy atom. The van der Waals surface area contributed by atoms with Crippen LogP contribution in [0.2, 0.25) is 5.02 Å². The Labute approximate surface area is 102 Å². The number of aryl methyl sites for hydroxylation is 1. The van der Waals surface area contributed by atoms with Gasteiger partial charge in [0.25, 0.3) is 0 Å². The maximum absolute atomic E-state index is 11.7. The lowest BCUT2D eigenvalue weighted by Gasteiger charge is -2.03. The predicted molar refractivity (Wildman–Crippen MR) is 59.6 cm³/mol. The monoisotopic (exact) mass is 252 g/mol. The number of hydrogen-bond donors (Lipinski definition) is 0. The van der Waals surface area contributed by atoms with Gasteiger partial charge < -0.3 is 9.26 Å². The molecule has 0 spiro atoms. The van der Waals surface area contributed by atoms with Gasteiger partial charge in [-0.1, -0.05) is 28.9 Å². The molecular weight excluding hydrogens is 244 g/mol. The topological polar surface area (TPSA) is 65.2 Å². The van der Waals surface area contributed by atoms with Gasteiger partial charge in [0.2, 0.25) is 11.7 Å². The number of rotatable bonds is 3. The largest absolute Gasteiger partial charge is 0.454 e. The third kappa shape index (κ3) is 2.82. The Morgan fingerprint density at radius 1 is 1.47 bits per heavy atom. The summed E-state index contributed by atoms with van der Waals surface area (Å²) in [5.74, 6) is 0.231. The van der Waals surface area contributed by atoms with Crippen molar-refractivity contribution >= 4 is 17.6 Å². The number of hydrogen-bond acceptors (Lipinski definition) is 5. The van der Waals surface area contributed by atoms with Crippen molar-refractivity contribution in [2.24, 2.45) is 0 Å². The quantitative estimate of drug-likeness (QED) is 0.785. The smallest absolute Gasteiger partial charge is 0.340 e. The van der Waals surface area contributed by atoms with Gasteiger partial charge in [0.15, 0.2) is 6.61 Å². The highest BCUT2D eigenvalue weighted by atomic mass is 35.5. The fourth-order valence-corrected chi connectivity index (χ4v) is 1.45. The highest BCUT2D eigenvalue weighted by Gasteiger charge is 2.12. The fraction of sp³-hybridized carbons (Fsp3) is 0.182. The number of nitrogens with zero attached hydrogens (tertiary/aromatic N) is 2. The summed E-state index contributed by atoms with van der Waals surface area (Å²) in [4.78, 5) is 15.6. The molecule has 1 aromatic heterocycles. The third-order valence-electron chi connectivity index (χ3n) is 2.00. The van der Waals surface area contributed by atoms with Gasteiger partial charge in [-0.05, 0) is 12.1 Å². The van der Waals surface area contributed by atoms with Gasteiger partial charge in [0, 0.05) is 6.92 Å². The first kappa shape index (κ1) is 11.6. The number of aromatic nitrogens is 2. The molecule has 1 heterocycles. The molecule has 2 aromatic rings. The first-order valence-electron chi connectivity index (χ1n) is 4.87. The fourth-order valence-electron chi connectivity index (χ4n) is 1.23. The Morgan fingerprint density at radius 3 is 2.88 bits per heavy atom. The molecule has 17 heavy (non-hydrogen) atoms. The van der Waals surface area contributed by atoms with E-state index in [0.29, 0.717) is 22.3 Å². The lowest BCUT2D eigenvalue weighted by Crippen LogP contribution is -2.06. The summed E-state index contributed by atoms with van der Waals surface area (Å²) in [6.45, 7) is 1.62. The van der Waals surface area contributed by atoms with Gasteiger partial charge >= 0.3 is 5.97 Å². The maximum Gasteiger partial charge on any atom is 0.340 e. The van der Waals surface area contributed by atoms with Crippen LogP contribution in [-0.2, 0) is 11.3 Å². The minimum atomic E-state index is -0.516. The molecule has 0 saturated heterocycles. The second kappa shape index (κ2) is 4.97. The molecule has 5 nitrogen and oxygen atoms in total. The molecule has 2 rings (SSSR count). The van der Waals surface area contributed by atoms with E-state index in [0.717, 1.165) is 0 Å². The van der Waals surface area contributed by atoms with E-state index in [9.17, 15) is 4.79 Å². The minimum absolute atomic E-state index is 0.0403. The summed E-state index contributed by atoms with van der Waals surface area (Å²) >= 11 is 5.85. The van der Waals surface area contributed by atoms with Gasteiger partial charge in [-0.2, -0.15) is 4.98 Å². The summed E-state index contributed by atoms with van der Waals surface area (Å²) in [5, 5.41) is 3.96. The summed E-state index contributed by atoms with van der Waals surface area (Å²) in [6, 6.07) is 6.66. The molecule has 88 valence electrons. The zero-order valence-electron chi connectivity index (χ0n) is 9.01. The Kier molecular flexibility index (Phi) is 3.39. The molecule has 0 N–H and O–H groups in total. The van der Waals surface area contributed by atoms with Gasteiger partial charge in [-0.15, -0.1) is 0 Å². The molecule has 0 unspecified atom stereocenters. The van der Waals surface area contributed by atoms with Crippen LogP contribution < -0.4 is 0 Å². The first-order chi connectivity index (χ1) is 8.16. The Bertz CT molecular complexity index is 539. The molecule has 0 aliphatic carbocycles. The molecule has 6 heteroatoms. The van der Waals surface area contributed by atoms with Crippen LogP contribution >= 0.6 is 11.6 Å². The molecule has 1 aromatic carbocycles. The van der Waals surface area contributed by atoms with E-state index in [1.807, 2.05) is 0 Å². The van der Waals surface area contributed by atoms with Crippen molar-refractivity contribution < 1.29 is 14.1 Å². The number of halogens is 1. The lowest BCUT2D eigenvalue weighted by molar-refractivity contribution is 0.0460. The highest BCUT2D eigenvalue weighted by Crippen LogP contribution is 2.16. The van der Waals surface area contributed by atoms with E-state index >= 15 is 0 Å². The molecule has 0 atom stereocenters. The molecule has 0 bridgehead atoms. The molecule has 0 amide bonds. The third-order valence-corrected chi connectivity index (χ3v) is 2.33. The number of ether oxygens (including phenoxy) is 1. The van der Waals surface area contributed by atoms with Gasteiger partial charge in [0.05, 0.1) is 10.6 Å². The summed E-state index contributed by atoms with van der Waals surface area (Å²) in [5.41, 5.74) is 0.314. The van der Waals surface area contributed by atoms with E-state index in [-0.39, 0.29) is 6.61 Å². The van der Waals surface area contributed by atoms with Crippen LogP contribution in [0.25, 0.3) is 0 Å². The second-order valence-electron chi connectivity index (χ2n) is 3.29. The molecule has 0 aliphatic rings. The number of carbonyl (C=O) groups excluding carboxylic acids is 1. The van der Waals surface area contributed by atoms with Crippen molar-refractivity contribution in [1.82, 2.24) is 10.1 Å². The average Bonchev–Trinajstić information content (AvgIpc) is 2.73. The van der Waals surface area contributed by atoms with Crippen LogP contribution in [0.4, 0.5) is 0 Å². The standard InChI is InChI=1S/C11H9ClN2O3/c1-7-13-10(14-17-7)6-16-11(15)8-4-2-3-5-9(8)12/h2-5H,6H2,1H3. The van der Waals surface area contributed by atoms with Gasteiger partial charge in [-0.25, -0.2) is 4.79 Å². The summed E-state index contributed by atoms with van der Waals surface area (Å²) in [6.07, 6.45) is 0. The van der Waals surface area contributed by atoms with Crippen LogP contribution in [0.1, 0.15) is 22.1 Å². The van der Waals surface area contributed by atoms with Crippen molar-refractivity contribution in [2.75, 3.05) is 0 Å². The molecule has 0 aliphatic heterocycles. The van der Waals surface area contributed by atoms with Gasteiger partial charge in [0.1, 0.15) is 0 Å². The zero-order chi connectivity index (χ0) is 12.3. The van der Waals surface area contributed by atoms with Gasteiger partial charge in [-0.3, -0.25) is 0 Å². The zero-order valence-corrected chi connectivity index (χ0v) is 9.77. The summed E-state index contributed by atoms with van der Waals surface area (Å²) < 4.78 is 9.75.